The van der Waals surface area contributed by atoms with Gasteiger partial charge in [-0.25, -0.2) is 9.97 Å². The lowest BCUT2D eigenvalue weighted by molar-refractivity contribution is 0.199. The summed E-state index contributed by atoms with van der Waals surface area (Å²) < 4.78 is 10.3. The molecule has 5 nitrogen and oxygen atoms in total. The van der Waals surface area contributed by atoms with Gasteiger partial charge in [0.2, 0.25) is 0 Å². The Bertz CT molecular complexity index is 546. The van der Waals surface area contributed by atoms with E-state index in [-0.39, 0.29) is 0 Å². The summed E-state index contributed by atoms with van der Waals surface area (Å²) >= 11 is 0. The highest BCUT2D eigenvalue weighted by Gasteiger charge is 2.08. The number of methoxy groups -OCH3 is 2. The van der Waals surface area contributed by atoms with Gasteiger partial charge in [0.1, 0.15) is 5.75 Å². The van der Waals surface area contributed by atoms with Gasteiger partial charge in [-0.3, -0.25) is 0 Å². The molecule has 0 aliphatic carbocycles. The molecule has 0 spiro atoms. The SMILES string of the molecule is COCCNCc1ccnc(-c2ccccc2OC)n1. The third-order valence-corrected chi connectivity index (χ3v) is 2.85. The molecule has 0 saturated heterocycles. The molecule has 1 aromatic carbocycles. The van der Waals surface area contributed by atoms with Crippen molar-refractivity contribution in [3.8, 4) is 17.1 Å². The minimum absolute atomic E-state index is 0.675. The fourth-order valence-corrected chi connectivity index (χ4v) is 1.84. The van der Waals surface area contributed by atoms with Gasteiger partial charge in [0.05, 0.1) is 25.0 Å². The summed E-state index contributed by atoms with van der Waals surface area (Å²) in [5.41, 5.74) is 1.84. The van der Waals surface area contributed by atoms with Gasteiger partial charge in [-0.15, -0.1) is 0 Å². The normalized spacial score (nSPS) is 10.5. The van der Waals surface area contributed by atoms with Crippen LogP contribution in [0.25, 0.3) is 11.4 Å². The minimum atomic E-state index is 0.675. The number of nitrogens with one attached hydrogen (secondary N) is 1. The maximum Gasteiger partial charge on any atom is 0.163 e. The summed E-state index contributed by atoms with van der Waals surface area (Å²) in [6, 6.07) is 9.64. The molecule has 0 bridgehead atoms. The molecule has 0 amide bonds. The minimum Gasteiger partial charge on any atom is -0.496 e. The van der Waals surface area contributed by atoms with E-state index in [2.05, 4.69) is 15.3 Å². The van der Waals surface area contributed by atoms with E-state index in [0.29, 0.717) is 19.0 Å². The van der Waals surface area contributed by atoms with Crippen LogP contribution in [0.4, 0.5) is 0 Å². The van der Waals surface area contributed by atoms with Crippen LogP contribution in [0.5, 0.6) is 5.75 Å². The zero-order valence-corrected chi connectivity index (χ0v) is 11.8. The van der Waals surface area contributed by atoms with Gasteiger partial charge in [0.25, 0.3) is 0 Å². The molecule has 1 heterocycles. The lowest BCUT2D eigenvalue weighted by Gasteiger charge is -2.08. The molecule has 0 aliphatic rings. The summed E-state index contributed by atoms with van der Waals surface area (Å²) in [6.07, 6.45) is 1.77. The largest absolute Gasteiger partial charge is 0.496 e. The van der Waals surface area contributed by atoms with Crippen LogP contribution < -0.4 is 10.1 Å². The number of ether oxygens (including phenoxy) is 2. The van der Waals surface area contributed by atoms with Crippen molar-refractivity contribution >= 4 is 0 Å². The molecule has 1 N–H and O–H groups in total. The van der Waals surface area contributed by atoms with Gasteiger partial charge in [0, 0.05) is 26.4 Å². The standard InChI is InChI=1S/C15H19N3O2/c1-19-10-9-16-11-12-7-8-17-15(18-12)13-5-3-4-6-14(13)20-2/h3-8,16H,9-11H2,1-2H3. The Labute approximate surface area is 119 Å². The summed E-state index contributed by atoms with van der Waals surface area (Å²) in [6.45, 7) is 2.17. The lowest BCUT2D eigenvalue weighted by atomic mass is 10.2. The van der Waals surface area contributed by atoms with Crippen molar-refractivity contribution in [2.75, 3.05) is 27.4 Å². The molecule has 20 heavy (non-hydrogen) atoms. The molecule has 0 atom stereocenters. The van der Waals surface area contributed by atoms with Gasteiger partial charge in [0.15, 0.2) is 5.82 Å². The van der Waals surface area contributed by atoms with Gasteiger partial charge in [-0.2, -0.15) is 0 Å². The molecule has 106 valence electrons. The van der Waals surface area contributed by atoms with Crippen LogP contribution in [0.2, 0.25) is 0 Å². The molecule has 0 radical (unpaired) electrons. The van der Waals surface area contributed by atoms with E-state index in [0.717, 1.165) is 23.6 Å². The second-order valence-electron chi connectivity index (χ2n) is 4.24. The van der Waals surface area contributed by atoms with Gasteiger partial charge >= 0.3 is 0 Å². The summed E-state index contributed by atoms with van der Waals surface area (Å²) in [5.74, 6) is 1.45. The van der Waals surface area contributed by atoms with Crippen LogP contribution in [-0.4, -0.2) is 37.3 Å². The maximum absolute atomic E-state index is 5.34. The van der Waals surface area contributed by atoms with Gasteiger partial charge in [-0.1, -0.05) is 12.1 Å². The van der Waals surface area contributed by atoms with Crippen molar-refractivity contribution in [2.24, 2.45) is 0 Å². The number of nitrogens with zero attached hydrogens (tertiary/aromatic N) is 2. The molecule has 2 aromatic rings. The van der Waals surface area contributed by atoms with Crippen molar-refractivity contribution in [1.29, 1.82) is 0 Å². The van der Waals surface area contributed by atoms with Gasteiger partial charge < -0.3 is 14.8 Å². The first-order valence-corrected chi connectivity index (χ1v) is 6.50. The van der Waals surface area contributed by atoms with Crippen LogP contribution in [0, 0.1) is 0 Å². The molecular formula is C15H19N3O2. The Morgan fingerprint density at radius 3 is 2.80 bits per heavy atom. The molecular weight excluding hydrogens is 254 g/mol. The Morgan fingerprint density at radius 2 is 2.00 bits per heavy atom. The van der Waals surface area contributed by atoms with Crippen molar-refractivity contribution in [3.63, 3.8) is 0 Å². The van der Waals surface area contributed by atoms with E-state index < -0.39 is 0 Å². The van der Waals surface area contributed by atoms with Crippen LogP contribution in [-0.2, 0) is 11.3 Å². The van der Waals surface area contributed by atoms with E-state index >= 15 is 0 Å². The zero-order chi connectivity index (χ0) is 14.2. The predicted octanol–water partition coefficient (Wildman–Crippen LogP) is 1.89. The summed E-state index contributed by atoms with van der Waals surface area (Å²) in [7, 11) is 3.33. The van der Waals surface area contributed by atoms with Gasteiger partial charge in [-0.05, 0) is 18.2 Å². The molecule has 2 rings (SSSR count). The monoisotopic (exact) mass is 273 g/mol. The van der Waals surface area contributed by atoms with Crippen LogP contribution in [0.1, 0.15) is 5.69 Å². The number of aromatic nitrogens is 2. The molecule has 0 unspecified atom stereocenters. The first-order chi connectivity index (χ1) is 9.85. The van der Waals surface area contributed by atoms with Crippen LogP contribution >= 0.6 is 0 Å². The molecule has 5 heteroatoms. The van der Waals surface area contributed by atoms with E-state index in [4.69, 9.17) is 9.47 Å². The van der Waals surface area contributed by atoms with Crippen molar-refractivity contribution in [1.82, 2.24) is 15.3 Å². The van der Waals surface area contributed by atoms with Crippen molar-refractivity contribution in [2.45, 2.75) is 6.54 Å². The van der Waals surface area contributed by atoms with E-state index in [1.165, 1.54) is 0 Å². The highest BCUT2D eigenvalue weighted by molar-refractivity contribution is 5.63. The van der Waals surface area contributed by atoms with E-state index in [9.17, 15) is 0 Å². The highest BCUT2D eigenvalue weighted by atomic mass is 16.5. The average molecular weight is 273 g/mol. The Hall–Kier alpha value is -1.98. The van der Waals surface area contributed by atoms with Crippen molar-refractivity contribution in [3.05, 3.63) is 42.2 Å². The maximum atomic E-state index is 5.34. The summed E-state index contributed by atoms with van der Waals surface area (Å²) in [4.78, 5) is 8.87. The summed E-state index contributed by atoms with van der Waals surface area (Å²) in [5, 5.41) is 3.26. The fourth-order valence-electron chi connectivity index (χ4n) is 1.84. The number of benzene rings is 1. The Balaban J connectivity index is 2.13. The topological polar surface area (TPSA) is 56.3 Å². The predicted molar refractivity (Wildman–Crippen MR) is 77.6 cm³/mol. The lowest BCUT2D eigenvalue weighted by Crippen LogP contribution is -2.19. The second-order valence-corrected chi connectivity index (χ2v) is 4.24. The Kier molecular flexibility index (Phi) is 5.46. The van der Waals surface area contributed by atoms with E-state index in [1.807, 2.05) is 30.3 Å². The zero-order valence-electron chi connectivity index (χ0n) is 11.8. The third-order valence-electron chi connectivity index (χ3n) is 2.85. The van der Waals surface area contributed by atoms with Crippen molar-refractivity contribution < 1.29 is 9.47 Å². The highest BCUT2D eigenvalue weighted by Crippen LogP contribution is 2.26. The molecule has 1 aromatic heterocycles. The molecule has 0 fully saturated rings. The first kappa shape index (κ1) is 14.4. The molecule has 0 aliphatic heterocycles. The van der Waals surface area contributed by atoms with E-state index in [1.54, 1.807) is 20.4 Å². The first-order valence-electron chi connectivity index (χ1n) is 6.50. The number of para-hydroxylation sites is 1. The number of rotatable bonds is 7. The third kappa shape index (κ3) is 3.76. The Morgan fingerprint density at radius 1 is 1.15 bits per heavy atom. The smallest absolute Gasteiger partial charge is 0.163 e. The quantitative estimate of drug-likeness (QED) is 0.781. The number of hydrogen-bond acceptors (Lipinski definition) is 5. The fraction of sp³-hybridized carbons (Fsp3) is 0.333. The average Bonchev–Trinajstić information content (AvgIpc) is 2.52. The second kappa shape index (κ2) is 7.57. The van der Waals surface area contributed by atoms with Crippen LogP contribution in [0.3, 0.4) is 0 Å². The molecule has 0 saturated carbocycles. The van der Waals surface area contributed by atoms with Crippen LogP contribution in [0.15, 0.2) is 36.5 Å². The number of hydrogen-bond donors (Lipinski definition) is 1.